The highest BCUT2D eigenvalue weighted by atomic mass is 16.7. The molecule has 5 rings (SSSR count). The molecule has 1 unspecified atom stereocenters. The van der Waals surface area contributed by atoms with Crippen molar-refractivity contribution in [1.29, 1.82) is 0 Å². The van der Waals surface area contributed by atoms with Crippen molar-refractivity contribution >= 4 is 22.6 Å². The molecule has 8 nitrogen and oxygen atoms in total. The van der Waals surface area contributed by atoms with E-state index in [-0.39, 0.29) is 18.7 Å². The number of nitrogens with one attached hydrogen (secondary N) is 1. The van der Waals surface area contributed by atoms with Gasteiger partial charge in [-0.25, -0.2) is 4.68 Å². The number of fused-ring (bicyclic) bond motifs is 2. The molecule has 1 aromatic heterocycles. The molecule has 1 N–H and O–H groups in total. The largest absolute Gasteiger partial charge is 0.454 e. The summed E-state index contributed by atoms with van der Waals surface area (Å²) >= 11 is 0. The van der Waals surface area contributed by atoms with Crippen LogP contribution in [-0.2, 0) is 4.79 Å². The second kappa shape index (κ2) is 7.60. The third-order valence-electron chi connectivity index (χ3n) is 6.04. The molecule has 8 heteroatoms. The Kier molecular flexibility index (Phi) is 4.78. The van der Waals surface area contributed by atoms with Gasteiger partial charge in [0.15, 0.2) is 11.5 Å². The van der Waals surface area contributed by atoms with Crippen LogP contribution in [0.3, 0.4) is 0 Å². The van der Waals surface area contributed by atoms with Gasteiger partial charge in [-0.15, -0.1) is 5.10 Å². The minimum absolute atomic E-state index is 0.0194. The standard InChI is InChI=1S/C22H25N5O3/c1-14-3-5-19-18(11-14)24-25-27(19)17-7-9-26(10-8-17)15(2)22(28)23-16-4-6-20-21(12-16)30-13-29-20/h3-6,11-12,15,17H,7-10,13H2,1-2H3,(H,23,28). The molecule has 0 bridgehead atoms. The average molecular weight is 407 g/mol. The van der Waals surface area contributed by atoms with Crippen molar-refractivity contribution in [2.75, 3.05) is 25.2 Å². The molecule has 0 spiro atoms. The van der Waals surface area contributed by atoms with Crippen LogP contribution < -0.4 is 14.8 Å². The molecule has 0 aliphatic carbocycles. The summed E-state index contributed by atoms with van der Waals surface area (Å²) in [5, 5.41) is 11.7. The highest BCUT2D eigenvalue weighted by molar-refractivity contribution is 5.94. The van der Waals surface area contributed by atoms with Gasteiger partial charge >= 0.3 is 0 Å². The minimum atomic E-state index is -0.216. The lowest BCUT2D eigenvalue weighted by Gasteiger charge is -2.35. The Morgan fingerprint density at radius 2 is 1.93 bits per heavy atom. The number of carbonyl (C=O) groups excluding carboxylic acids is 1. The normalized spacial score (nSPS) is 17.9. The SMILES string of the molecule is Cc1ccc2c(c1)nnn2C1CCN(C(C)C(=O)Nc2ccc3c(c2)OCO3)CC1. The summed E-state index contributed by atoms with van der Waals surface area (Å²) in [5.74, 6) is 1.35. The lowest BCUT2D eigenvalue weighted by molar-refractivity contribution is -0.121. The van der Waals surface area contributed by atoms with Crippen LogP contribution in [0, 0.1) is 6.92 Å². The lowest BCUT2D eigenvalue weighted by atomic mass is 10.0. The minimum Gasteiger partial charge on any atom is -0.454 e. The zero-order valence-electron chi connectivity index (χ0n) is 17.2. The molecule has 3 aromatic rings. The van der Waals surface area contributed by atoms with Crippen LogP contribution in [-0.4, -0.2) is 51.7 Å². The van der Waals surface area contributed by atoms with E-state index in [0.29, 0.717) is 17.5 Å². The van der Waals surface area contributed by atoms with Crippen LogP contribution >= 0.6 is 0 Å². The van der Waals surface area contributed by atoms with Crippen molar-refractivity contribution in [3.8, 4) is 11.5 Å². The predicted octanol–water partition coefficient (Wildman–Crippen LogP) is 3.13. The Hall–Kier alpha value is -3.13. The molecule has 2 aliphatic rings. The first kappa shape index (κ1) is 18.9. The van der Waals surface area contributed by atoms with E-state index in [4.69, 9.17) is 9.47 Å². The van der Waals surface area contributed by atoms with E-state index < -0.39 is 0 Å². The number of aromatic nitrogens is 3. The molecule has 2 aromatic carbocycles. The van der Waals surface area contributed by atoms with Crippen molar-refractivity contribution in [3.63, 3.8) is 0 Å². The Labute approximate surface area is 174 Å². The second-order valence-electron chi connectivity index (χ2n) is 8.03. The molecule has 1 amide bonds. The van der Waals surface area contributed by atoms with Crippen molar-refractivity contribution in [3.05, 3.63) is 42.0 Å². The fourth-order valence-electron chi connectivity index (χ4n) is 4.23. The Balaban J connectivity index is 1.21. The van der Waals surface area contributed by atoms with Crippen LogP contribution in [0.1, 0.15) is 31.4 Å². The molecule has 3 heterocycles. The Morgan fingerprint density at radius 1 is 1.13 bits per heavy atom. The Morgan fingerprint density at radius 3 is 2.77 bits per heavy atom. The van der Waals surface area contributed by atoms with Crippen molar-refractivity contribution in [1.82, 2.24) is 19.9 Å². The zero-order valence-corrected chi connectivity index (χ0v) is 17.2. The number of amides is 1. The summed E-state index contributed by atoms with van der Waals surface area (Å²) in [6.07, 6.45) is 1.88. The summed E-state index contributed by atoms with van der Waals surface area (Å²) in [5.41, 5.74) is 3.92. The van der Waals surface area contributed by atoms with Crippen LogP contribution in [0.5, 0.6) is 11.5 Å². The quantitative estimate of drug-likeness (QED) is 0.716. The molecular formula is C22H25N5O3. The molecule has 1 saturated heterocycles. The molecule has 30 heavy (non-hydrogen) atoms. The molecule has 1 fully saturated rings. The van der Waals surface area contributed by atoms with Gasteiger partial charge in [0.2, 0.25) is 12.7 Å². The third kappa shape index (κ3) is 3.47. The molecule has 0 radical (unpaired) electrons. The maximum atomic E-state index is 12.8. The van der Waals surface area contributed by atoms with Gasteiger partial charge in [0.25, 0.3) is 0 Å². The zero-order chi connectivity index (χ0) is 20.7. The summed E-state index contributed by atoms with van der Waals surface area (Å²) in [7, 11) is 0. The van der Waals surface area contributed by atoms with Crippen LogP contribution in [0.25, 0.3) is 11.0 Å². The average Bonchev–Trinajstić information content (AvgIpc) is 3.39. The van der Waals surface area contributed by atoms with E-state index in [2.05, 4.69) is 45.7 Å². The van der Waals surface area contributed by atoms with Gasteiger partial charge in [-0.3, -0.25) is 9.69 Å². The first-order valence-corrected chi connectivity index (χ1v) is 10.3. The lowest BCUT2D eigenvalue weighted by Crippen LogP contribution is -2.46. The number of rotatable bonds is 4. The summed E-state index contributed by atoms with van der Waals surface area (Å²) in [6.45, 7) is 5.92. The number of nitrogens with zero attached hydrogens (tertiary/aromatic N) is 4. The number of hydrogen-bond acceptors (Lipinski definition) is 6. The van der Waals surface area contributed by atoms with Gasteiger partial charge in [0.05, 0.1) is 17.6 Å². The highest BCUT2D eigenvalue weighted by Gasteiger charge is 2.28. The maximum Gasteiger partial charge on any atom is 0.241 e. The van der Waals surface area contributed by atoms with Crippen molar-refractivity contribution < 1.29 is 14.3 Å². The van der Waals surface area contributed by atoms with Gasteiger partial charge in [-0.2, -0.15) is 0 Å². The fraction of sp³-hybridized carbons (Fsp3) is 0.409. The molecule has 156 valence electrons. The highest BCUT2D eigenvalue weighted by Crippen LogP contribution is 2.34. The predicted molar refractivity (Wildman–Crippen MR) is 113 cm³/mol. The monoisotopic (exact) mass is 407 g/mol. The van der Waals surface area contributed by atoms with E-state index in [1.165, 1.54) is 5.56 Å². The summed E-state index contributed by atoms with van der Waals surface area (Å²) < 4.78 is 12.7. The number of carbonyl (C=O) groups is 1. The molecule has 0 saturated carbocycles. The summed E-state index contributed by atoms with van der Waals surface area (Å²) in [4.78, 5) is 15.0. The van der Waals surface area contributed by atoms with Gasteiger partial charge in [-0.05, 0) is 56.5 Å². The number of ether oxygens (including phenoxy) is 2. The smallest absolute Gasteiger partial charge is 0.241 e. The molecular weight excluding hydrogens is 382 g/mol. The van der Waals surface area contributed by atoms with E-state index in [9.17, 15) is 4.79 Å². The van der Waals surface area contributed by atoms with E-state index in [1.807, 2.05) is 23.7 Å². The van der Waals surface area contributed by atoms with Crippen LogP contribution in [0.4, 0.5) is 5.69 Å². The molecule has 2 aliphatic heterocycles. The molecule has 1 atom stereocenters. The van der Waals surface area contributed by atoms with E-state index >= 15 is 0 Å². The Bertz CT molecular complexity index is 1090. The van der Waals surface area contributed by atoms with E-state index in [0.717, 1.165) is 42.7 Å². The number of anilines is 1. The van der Waals surface area contributed by atoms with Gasteiger partial charge in [0, 0.05) is 24.8 Å². The summed E-state index contributed by atoms with van der Waals surface area (Å²) in [6, 6.07) is 11.8. The van der Waals surface area contributed by atoms with Crippen LogP contribution in [0.15, 0.2) is 36.4 Å². The second-order valence-corrected chi connectivity index (χ2v) is 8.03. The number of hydrogen-bond donors (Lipinski definition) is 1. The van der Waals surface area contributed by atoms with Gasteiger partial charge < -0.3 is 14.8 Å². The third-order valence-corrected chi connectivity index (χ3v) is 6.04. The van der Waals surface area contributed by atoms with Crippen molar-refractivity contribution in [2.45, 2.75) is 38.8 Å². The maximum absolute atomic E-state index is 12.8. The number of benzene rings is 2. The first-order valence-electron chi connectivity index (χ1n) is 10.3. The first-order chi connectivity index (χ1) is 14.6. The number of aryl methyl sites for hydroxylation is 1. The van der Waals surface area contributed by atoms with Gasteiger partial charge in [0.1, 0.15) is 5.52 Å². The topological polar surface area (TPSA) is 81.5 Å². The fourth-order valence-corrected chi connectivity index (χ4v) is 4.23. The van der Waals surface area contributed by atoms with E-state index in [1.54, 1.807) is 6.07 Å². The number of piperidine rings is 1. The number of likely N-dealkylation sites (tertiary alicyclic amines) is 1. The van der Waals surface area contributed by atoms with Crippen LogP contribution in [0.2, 0.25) is 0 Å². The van der Waals surface area contributed by atoms with Crippen molar-refractivity contribution in [2.24, 2.45) is 0 Å². The van der Waals surface area contributed by atoms with Gasteiger partial charge in [-0.1, -0.05) is 11.3 Å².